The summed E-state index contributed by atoms with van der Waals surface area (Å²) in [5.41, 5.74) is 9.41. The lowest BCUT2D eigenvalue weighted by atomic mass is 9.57. The number of pyridine rings is 2. The average molecular weight is 1460 g/mol. The number of allylic oxidation sites excluding steroid dienone is 4. The van der Waals surface area contributed by atoms with E-state index in [4.69, 9.17) is 266 Å². The van der Waals surface area contributed by atoms with Gasteiger partial charge in [0.15, 0.2) is 17.4 Å². The van der Waals surface area contributed by atoms with Crippen LogP contribution in [0.15, 0.2) is 108 Å². The highest BCUT2D eigenvalue weighted by atomic mass is 19.1. The van der Waals surface area contributed by atoms with Crippen LogP contribution in [0.3, 0.4) is 0 Å². The fourth-order valence-corrected chi connectivity index (χ4v) is 12.5. The Morgan fingerprint density at radius 2 is 1.24 bits per heavy atom. The van der Waals surface area contributed by atoms with Crippen LogP contribution in [0.2, 0.25) is 0 Å². The van der Waals surface area contributed by atoms with Crippen molar-refractivity contribution in [3.05, 3.63) is 154 Å². The number of nitrogens with zero attached hydrogens (tertiary/aromatic N) is 8. The Morgan fingerprint density at radius 3 is 1.76 bits per heavy atom. The maximum Gasteiger partial charge on any atom is 0.173 e. The highest BCUT2D eigenvalue weighted by Crippen LogP contribution is 2.56. The van der Waals surface area contributed by atoms with E-state index in [2.05, 4.69) is 48.1 Å². The second-order valence-electron chi connectivity index (χ2n) is 20.8. The molecule has 0 amide bonds. The molecule has 2 saturated carbocycles. The molecule has 10 nitrogen and oxygen atoms in total. The van der Waals surface area contributed by atoms with Crippen molar-refractivity contribution in [2.24, 2.45) is 11.8 Å². The molecule has 2 fully saturated rings. The molecule has 0 unspecified atom stereocenters. The summed E-state index contributed by atoms with van der Waals surface area (Å²) in [5.74, 6) is 1.82. The Balaban J connectivity index is -0.0000000173. The van der Waals surface area contributed by atoms with Gasteiger partial charge in [0.05, 0.1) is 40.0 Å². The quantitative estimate of drug-likeness (QED) is 0.140. The number of carbonyl (C=O) groups excluding carboxylic acids is 1. The zero-order valence-electron chi connectivity index (χ0n) is 207. The van der Waals surface area contributed by atoms with Crippen LogP contribution < -0.4 is 0 Å². The van der Waals surface area contributed by atoms with Crippen LogP contribution in [0.1, 0.15) is 391 Å². The van der Waals surface area contributed by atoms with Gasteiger partial charge in [-0.05, 0) is 131 Å². The molecule has 1 N–H and O–H groups in total. The molecule has 72 heavy (non-hydrogen) atoms. The molecule has 0 saturated heterocycles. The predicted octanol–water partition coefficient (Wildman–Crippen LogP) is 33.9. The van der Waals surface area contributed by atoms with Crippen LogP contribution in [0.25, 0.3) is 45.3 Å². The zero-order chi connectivity index (χ0) is 216. The largest absolute Gasteiger partial charge is 0.511 e. The van der Waals surface area contributed by atoms with E-state index in [1.165, 1.54) is 12.1 Å². The van der Waals surface area contributed by atoms with Gasteiger partial charge in [-0.1, -0.05) is 57.0 Å². The van der Waals surface area contributed by atoms with Crippen LogP contribution in [-0.2, 0) is 28.5 Å². The summed E-state index contributed by atoms with van der Waals surface area (Å²) >= 11 is 0. The zero-order valence-corrected chi connectivity index (χ0v) is 40.8. The lowest BCUT2D eigenvalue weighted by Crippen LogP contribution is -2.44. The van der Waals surface area contributed by atoms with Crippen LogP contribution in [0, 0.1) is 46.1 Å². The molecule has 12 heteroatoms. The fraction of sp³-hybridized carbons (Fsp3) is 0.383. The Morgan fingerprint density at radius 1 is 0.694 bits per heavy atom. The molecule has 0 radical (unpaired) electrons. The van der Waals surface area contributed by atoms with Crippen molar-refractivity contribution in [3.63, 3.8) is 0 Å². The van der Waals surface area contributed by atoms with Gasteiger partial charge < -0.3 is 5.11 Å². The minimum absolute atomic E-state index is 0. The van der Waals surface area contributed by atoms with E-state index in [0.717, 1.165) is 109 Å². The first kappa shape index (κ1) is 10.6. The molecular formula is C60H224F2N8O2. The molecule has 4 atom stereocenters. The number of benzene rings is 2. The topological polar surface area (TPSA) is 162 Å². The van der Waals surface area contributed by atoms with Gasteiger partial charge in [-0.15, -0.1) is 0 Å². The first-order valence-corrected chi connectivity index (χ1v) is 25.8. The van der Waals surface area contributed by atoms with E-state index in [1.807, 2.05) is 36.5 Å². The molecular weight excluding hydrogens is 903 g/mol. The molecule has 2 aromatic carbocycles. The molecule has 4 aromatic heterocycles. The van der Waals surface area contributed by atoms with Gasteiger partial charge in [0.1, 0.15) is 23.5 Å². The molecule has 6 aromatic rings. The van der Waals surface area contributed by atoms with Gasteiger partial charge in [0.25, 0.3) is 0 Å². The maximum atomic E-state index is 15.1. The third kappa shape index (κ3) is 8.38. The second kappa shape index (κ2) is 19.0. The number of hydrogen-bond acceptors (Lipinski definition) is 10. The molecule has 4 heterocycles. The Hall–Kier alpha value is -7.31. The van der Waals surface area contributed by atoms with E-state index in [-0.39, 0.29) is 47.4 Å². The van der Waals surface area contributed by atoms with Crippen molar-refractivity contribution in [1.29, 1.82) is 10.5 Å². The average Bonchev–Trinajstić information content (AvgIpc) is 1.54. The predicted molar refractivity (Wildman–Crippen MR) is 447 cm³/mol. The van der Waals surface area contributed by atoms with Gasteiger partial charge in [0, 0.05) is 341 Å². The standard InChI is InChI=1S/C30H29FN4O.C30H27FN4O.84H2/c2*1-2-12-30-16-20(17-32)26(36)15-21(30)9-10-23-27(22-5-3-4-6-24(22)31)34-29(35-28(23)30)19-11-13-33-25(14-19)18-7-8-18;;;;;;;;;;;;;;;;;;;;;;;;;;;;;;;;;;;;;;;;;;;;;;;;;;;;;;;;;;;;;;;;;;;;;;;;;;;;;;;;;;;;/h3-6,11,13-14,18,21,36H,2,7-10,12,15-16H2,1H3;3-6,11,13-14,16,18,21H,2,7-10,12,15H2,1H3;84*1H/t2*21-,30-;;;;;;;;;;;;;;;;;;;;;;;;;;;;;;;;;;;;;;;;;;;;;;;;;;;;;;;;;;;;;;;;;;;;;;;;;;;;;;;;;;;;/m11..................................................................................../s1/i;;83*1+2T;1+2. The molecule has 12 rings (SSSR count). The van der Waals surface area contributed by atoms with E-state index < -0.39 is 5.41 Å². The van der Waals surface area contributed by atoms with Gasteiger partial charge in [-0.3, -0.25) is 14.8 Å². The lowest BCUT2D eigenvalue weighted by molar-refractivity contribution is -0.117. The number of aliphatic hydroxyl groups is 1. The monoisotopic (exact) mass is 1460 g/mol. The maximum absolute atomic E-state index is 15.1. The summed E-state index contributed by atoms with van der Waals surface area (Å²) < 4.78 is 860. The minimum Gasteiger partial charge on any atom is -0.511 e. The van der Waals surface area contributed by atoms with Crippen LogP contribution in [0.5, 0.6) is 0 Å². The summed E-state index contributed by atoms with van der Waals surface area (Å²) in [6, 6.07) is 25.9. The molecule has 0 bridgehead atoms. The number of rotatable bonds is 10. The van der Waals surface area contributed by atoms with Crippen molar-refractivity contribution < 1.29 is 267 Å². The van der Waals surface area contributed by atoms with Gasteiger partial charge >= 0.3 is 0 Å². The summed E-state index contributed by atoms with van der Waals surface area (Å²) in [6.45, 7) is 4.26. The smallest absolute Gasteiger partial charge is 0.173 e. The van der Waals surface area contributed by atoms with Crippen molar-refractivity contribution in [1.82, 2.24) is 29.9 Å². The number of halogens is 2. The van der Waals surface area contributed by atoms with E-state index in [9.17, 15) is 20.4 Å². The number of nitriles is 2. The summed E-state index contributed by atoms with van der Waals surface area (Å²) in [7, 11) is 0. The third-order valence-electron chi connectivity index (χ3n) is 16.3. The molecule has 6 aliphatic carbocycles. The number of Topliss-reactive ketones (excluding diaryl/α,β-unsaturated/α-hetero) is 1. The van der Waals surface area contributed by atoms with E-state index in [0.29, 0.717) is 83.7 Å². The van der Waals surface area contributed by atoms with E-state index >= 15 is 8.78 Å². The number of aliphatic hydroxyl groups excluding tert-OH is 1. The van der Waals surface area contributed by atoms with Crippen molar-refractivity contribution in [3.8, 4) is 57.4 Å². The third-order valence-corrected chi connectivity index (χ3v) is 16.3. The summed E-state index contributed by atoms with van der Waals surface area (Å²) in [6.07, 6.45) is 17.7. The van der Waals surface area contributed by atoms with Crippen LogP contribution >= 0.6 is 0 Å². The number of carbonyl (C=O) groups is 1. The van der Waals surface area contributed by atoms with Gasteiger partial charge in [0.2, 0.25) is 0 Å². The first-order chi connectivity index (χ1) is 118. The molecule has 6 aliphatic rings. The van der Waals surface area contributed by atoms with Crippen molar-refractivity contribution >= 4 is 5.78 Å². The second-order valence-corrected chi connectivity index (χ2v) is 20.8. The van der Waals surface area contributed by atoms with Crippen molar-refractivity contribution in [2.75, 3.05) is 0 Å². The van der Waals surface area contributed by atoms with E-state index in [1.54, 1.807) is 30.5 Å². The first-order valence-electron chi connectivity index (χ1n) is 109. The number of ketones is 1. The number of fused-ring (bicyclic) bond motifs is 6. The normalized spacial score (nSPS) is 32.2. The van der Waals surface area contributed by atoms with Crippen molar-refractivity contribution in [2.45, 2.75) is 133 Å². The molecule has 530 valence electrons. The number of aromatic nitrogens is 6. The Kier molecular flexibility index (Phi) is 2.79. The summed E-state index contributed by atoms with van der Waals surface area (Å²) in [5, 5.41) is 30.2. The molecule has 0 spiro atoms. The Bertz CT molecular complexity index is 3520. The highest BCUT2D eigenvalue weighted by Gasteiger charge is 2.51. The van der Waals surface area contributed by atoms with Gasteiger partial charge in [-0.2, -0.15) is 10.5 Å². The fourth-order valence-electron chi connectivity index (χ4n) is 12.5. The van der Waals surface area contributed by atoms with Crippen LogP contribution in [0.4, 0.5) is 8.78 Å². The Labute approximate surface area is 676 Å². The van der Waals surface area contributed by atoms with Crippen LogP contribution in [-0.4, -0.2) is 40.8 Å². The molecule has 0 aliphatic heterocycles. The summed E-state index contributed by atoms with van der Waals surface area (Å²) in [4.78, 5) is 42.1. The van der Waals surface area contributed by atoms with Gasteiger partial charge in [-0.25, -0.2) is 28.7 Å². The minimum atomic E-state index is -0.550. The lowest BCUT2D eigenvalue weighted by Gasteiger charge is -2.47. The highest BCUT2D eigenvalue weighted by molar-refractivity contribution is 6.00. The number of hydrogen-bond donors (Lipinski definition) is 1. The SMILES string of the molecule is CCC[C@@]12C=C(C#N)C(=O)C[C@H]1CCc1c(-c3ccccc3F)nc(-c3ccnc(C4CC4)c3)nc12.CCC[C@@]12CC(C#N)=C(O)C[C@H]1CCc1c(-c3ccccc3F)nc(-c3ccnc(C4CC4)c3)nc12.[3HH].[3H][3H].[3H][3H].[3H][3H].[3H][3H].[3H][3H].[3H][3H].[3H][3H].[3H][3H].[3H][3H].[3H][3H].[3H][3H].[3H][3H].[3H][3H].[3H][3H].[3H][3H].[3H][3H].[3H][3H].[3H][3H].[3H][3H].[3H][3H].[3H][3H].[3H][3H].[3H][3H].[3H][3H].[3H][3H].[3H][3H].[3H][3H].[3H][3H].[3H][3H].[3H][3H].[3H][3H].[3H][3H].[3H][3H].[3H][3H].[3H][3H].[3H][3H].[3H][3H].[3H][3H].[3H][3H].[3H][3H].[3H][3H].[3H][3H].[3H][3H].[3H][3H].[3H][3H].[3H][3H].[3H][3H].[3H][3H].[3H][3H].[3H][3H].[3H][3H].[3H][3H].[3H][3H].[3H][3H].[3H][3H].[3H][3H].[3H][3H].[3H][3H].[3H][3H].[3H][3H].[3H][3H].[3H][3H].[3H][3H].[3H][3H].[3H][3H].[3H][3H].[3H][3H].[3H][3H].[3H][3H].[3H][3H].[3H][3H].[3H][3H].[3H][3H].[3H][3H].[3H][3H].[3H][3H].[3H][3H].[3H][3H].[3H][3H].[3H][3H].[3H][3H].[3H][3H].[3H][3H].